The lowest BCUT2D eigenvalue weighted by Gasteiger charge is -2.23. The van der Waals surface area contributed by atoms with Gasteiger partial charge in [-0.3, -0.25) is 9.69 Å². The topological polar surface area (TPSA) is 33.2 Å². The van der Waals surface area contributed by atoms with Crippen molar-refractivity contribution in [2.45, 2.75) is 46.1 Å². The van der Waals surface area contributed by atoms with E-state index in [0.29, 0.717) is 6.54 Å². The summed E-state index contributed by atoms with van der Waals surface area (Å²) in [7, 11) is 0. The van der Waals surface area contributed by atoms with E-state index in [1.807, 2.05) is 23.1 Å². The fourth-order valence-electron chi connectivity index (χ4n) is 3.87. The van der Waals surface area contributed by atoms with Gasteiger partial charge in [-0.2, -0.15) is 0 Å². The first kappa shape index (κ1) is 17.2. The summed E-state index contributed by atoms with van der Waals surface area (Å²) >= 11 is 1.63. The van der Waals surface area contributed by atoms with Gasteiger partial charge in [-0.15, -0.1) is 0 Å². The van der Waals surface area contributed by atoms with Crippen LogP contribution >= 0.6 is 11.3 Å². The molecule has 1 fully saturated rings. The Labute approximate surface area is 158 Å². The van der Waals surface area contributed by atoms with Gasteiger partial charge in [0, 0.05) is 5.92 Å². The molecule has 1 heterocycles. The van der Waals surface area contributed by atoms with Crippen LogP contribution in [-0.2, 0) is 11.3 Å². The zero-order valence-electron chi connectivity index (χ0n) is 15.4. The van der Waals surface area contributed by atoms with Crippen LogP contribution in [0, 0.1) is 19.8 Å². The number of anilines is 1. The van der Waals surface area contributed by atoms with Gasteiger partial charge < -0.3 is 0 Å². The fourth-order valence-corrected chi connectivity index (χ4v) is 5.02. The van der Waals surface area contributed by atoms with Gasteiger partial charge in [0.1, 0.15) is 0 Å². The average Bonchev–Trinajstić information content (AvgIpc) is 3.29. The highest BCUT2D eigenvalue weighted by molar-refractivity contribution is 7.22. The van der Waals surface area contributed by atoms with E-state index in [-0.39, 0.29) is 11.8 Å². The van der Waals surface area contributed by atoms with E-state index < -0.39 is 0 Å². The summed E-state index contributed by atoms with van der Waals surface area (Å²) in [5.41, 5.74) is 4.58. The van der Waals surface area contributed by atoms with Crippen LogP contribution in [0.25, 0.3) is 10.2 Å². The zero-order valence-corrected chi connectivity index (χ0v) is 16.2. The van der Waals surface area contributed by atoms with Gasteiger partial charge in [-0.25, -0.2) is 4.98 Å². The number of benzene rings is 2. The van der Waals surface area contributed by atoms with E-state index >= 15 is 0 Å². The number of carbonyl (C=O) groups excluding carboxylic acids is 1. The van der Waals surface area contributed by atoms with Crippen LogP contribution in [0.15, 0.2) is 42.5 Å². The molecule has 0 unspecified atom stereocenters. The molecule has 0 spiro atoms. The number of carbonyl (C=O) groups is 1. The Morgan fingerprint density at radius 2 is 1.88 bits per heavy atom. The van der Waals surface area contributed by atoms with E-state index in [1.165, 1.54) is 11.1 Å². The van der Waals surface area contributed by atoms with E-state index in [9.17, 15) is 4.79 Å². The lowest BCUT2D eigenvalue weighted by atomic mass is 10.1. The summed E-state index contributed by atoms with van der Waals surface area (Å²) in [5, 5.41) is 0.828. The van der Waals surface area contributed by atoms with Gasteiger partial charge in [-0.05, 0) is 49.4 Å². The molecule has 4 heteroatoms. The molecule has 134 valence electrons. The average molecular weight is 365 g/mol. The van der Waals surface area contributed by atoms with Gasteiger partial charge in [0.05, 0.1) is 16.8 Å². The molecule has 4 rings (SSSR count). The predicted molar refractivity (Wildman–Crippen MR) is 109 cm³/mol. The number of amides is 1. The molecule has 0 saturated heterocycles. The molecule has 0 bridgehead atoms. The second-order valence-corrected chi connectivity index (χ2v) is 8.33. The van der Waals surface area contributed by atoms with Crippen molar-refractivity contribution in [3.05, 3.63) is 59.2 Å². The van der Waals surface area contributed by atoms with E-state index in [0.717, 1.165) is 46.6 Å². The van der Waals surface area contributed by atoms with Crippen molar-refractivity contribution in [2.75, 3.05) is 4.90 Å². The minimum atomic E-state index is 0.147. The van der Waals surface area contributed by atoms with Crippen LogP contribution in [0.1, 0.15) is 42.4 Å². The predicted octanol–water partition coefficient (Wildman–Crippen LogP) is 5.64. The van der Waals surface area contributed by atoms with Gasteiger partial charge >= 0.3 is 0 Å². The van der Waals surface area contributed by atoms with Crippen LogP contribution < -0.4 is 4.90 Å². The second-order valence-electron chi connectivity index (χ2n) is 7.32. The summed E-state index contributed by atoms with van der Waals surface area (Å²) in [6.45, 7) is 4.80. The first-order valence-corrected chi connectivity index (χ1v) is 10.2. The van der Waals surface area contributed by atoms with Crippen molar-refractivity contribution in [1.82, 2.24) is 4.98 Å². The van der Waals surface area contributed by atoms with Gasteiger partial charge in [0.2, 0.25) is 5.91 Å². The summed E-state index contributed by atoms with van der Waals surface area (Å²) in [6, 6.07) is 14.6. The maximum Gasteiger partial charge on any atom is 0.232 e. The van der Waals surface area contributed by atoms with E-state index in [1.54, 1.807) is 11.3 Å². The largest absolute Gasteiger partial charge is 0.283 e. The van der Waals surface area contributed by atoms with Crippen LogP contribution in [0.5, 0.6) is 0 Å². The molecule has 3 aromatic rings. The summed E-state index contributed by atoms with van der Waals surface area (Å²) in [6.07, 6.45) is 4.34. The molecule has 3 nitrogen and oxygen atoms in total. The monoisotopic (exact) mass is 364 g/mol. The fraction of sp³-hybridized carbons (Fsp3) is 0.364. The van der Waals surface area contributed by atoms with Gasteiger partial charge in [0.25, 0.3) is 0 Å². The van der Waals surface area contributed by atoms with Crippen LogP contribution in [0.2, 0.25) is 0 Å². The Kier molecular flexibility index (Phi) is 4.77. The van der Waals surface area contributed by atoms with Crippen molar-refractivity contribution in [3.63, 3.8) is 0 Å². The Bertz CT molecular complexity index is 926. The number of hydrogen-bond acceptors (Lipinski definition) is 3. The Balaban J connectivity index is 1.74. The maximum atomic E-state index is 13.3. The van der Waals surface area contributed by atoms with Crippen molar-refractivity contribution in [1.29, 1.82) is 0 Å². The number of hydrogen-bond donors (Lipinski definition) is 0. The Morgan fingerprint density at radius 1 is 1.15 bits per heavy atom. The summed E-state index contributed by atoms with van der Waals surface area (Å²) < 4.78 is 1.16. The van der Waals surface area contributed by atoms with Crippen LogP contribution in [0.3, 0.4) is 0 Å². The molecule has 1 aliphatic rings. The molecule has 1 aliphatic carbocycles. The molecule has 1 saturated carbocycles. The summed E-state index contributed by atoms with van der Waals surface area (Å²) in [4.78, 5) is 20.1. The third kappa shape index (κ3) is 3.38. The normalized spacial score (nSPS) is 14.8. The molecule has 26 heavy (non-hydrogen) atoms. The third-order valence-electron chi connectivity index (χ3n) is 5.20. The molecule has 0 N–H and O–H groups in total. The van der Waals surface area contributed by atoms with E-state index in [2.05, 4.69) is 38.1 Å². The highest BCUT2D eigenvalue weighted by Gasteiger charge is 2.30. The van der Waals surface area contributed by atoms with Crippen LogP contribution in [-0.4, -0.2) is 10.9 Å². The molecular weight excluding hydrogens is 340 g/mol. The molecule has 0 radical (unpaired) electrons. The van der Waals surface area contributed by atoms with Gasteiger partial charge in [0.15, 0.2) is 5.13 Å². The Hall–Kier alpha value is -2.20. The molecule has 0 atom stereocenters. The van der Waals surface area contributed by atoms with Gasteiger partial charge in [-0.1, -0.05) is 60.6 Å². The SMILES string of the molecule is Cc1cc(C)c2nc(N(Cc3ccccc3)C(=O)C3CCCC3)sc2c1. The van der Waals surface area contributed by atoms with Crippen molar-refractivity contribution >= 4 is 32.6 Å². The van der Waals surface area contributed by atoms with Crippen molar-refractivity contribution in [2.24, 2.45) is 5.92 Å². The standard InChI is InChI=1S/C22H24N2OS/c1-15-12-16(2)20-19(13-15)26-22(23-20)24(14-17-8-4-3-5-9-17)21(25)18-10-6-7-11-18/h3-5,8-9,12-13,18H,6-7,10-11,14H2,1-2H3. The minimum absolute atomic E-state index is 0.147. The maximum absolute atomic E-state index is 13.3. The lowest BCUT2D eigenvalue weighted by molar-refractivity contribution is -0.122. The first-order chi connectivity index (χ1) is 12.6. The van der Waals surface area contributed by atoms with Crippen molar-refractivity contribution in [3.8, 4) is 0 Å². The van der Waals surface area contributed by atoms with Crippen molar-refractivity contribution < 1.29 is 4.79 Å². The zero-order chi connectivity index (χ0) is 18.1. The number of nitrogens with zero attached hydrogens (tertiary/aromatic N) is 2. The number of thiazole rings is 1. The Morgan fingerprint density at radius 3 is 2.62 bits per heavy atom. The third-order valence-corrected chi connectivity index (χ3v) is 6.23. The minimum Gasteiger partial charge on any atom is -0.283 e. The number of rotatable bonds is 4. The van der Waals surface area contributed by atoms with Crippen LogP contribution in [0.4, 0.5) is 5.13 Å². The highest BCUT2D eigenvalue weighted by atomic mass is 32.1. The molecule has 0 aliphatic heterocycles. The number of aryl methyl sites for hydroxylation is 2. The summed E-state index contributed by atoms with van der Waals surface area (Å²) in [5.74, 6) is 0.383. The first-order valence-electron chi connectivity index (χ1n) is 9.35. The second kappa shape index (κ2) is 7.20. The molecular formula is C22H24N2OS. The smallest absolute Gasteiger partial charge is 0.232 e. The van der Waals surface area contributed by atoms with E-state index in [4.69, 9.17) is 4.98 Å². The highest BCUT2D eigenvalue weighted by Crippen LogP contribution is 2.35. The number of fused-ring (bicyclic) bond motifs is 1. The molecule has 1 amide bonds. The molecule has 1 aromatic heterocycles. The lowest BCUT2D eigenvalue weighted by Crippen LogP contribution is -2.34. The quantitative estimate of drug-likeness (QED) is 0.600. The number of aromatic nitrogens is 1. The molecule has 2 aromatic carbocycles.